The fourth-order valence-electron chi connectivity index (χ4n) is 2.18. The molecule has 2 nitrogen and oxygen atoms in total. The van der Waals surface area contributed by atoms with Crippen molar-refractivity contribution in [1.82, 2.24) is 5.32 Å². The SMILES string of the molecule is CC(CC(O)c1cccs1)NC(C)C1CC1. The first-order chi connectivity index (χ1) is 7.66. The van der Waals surface area contributed by atoms with Gasteiger partial charge in [0.15, 0.2) is 0 Å². The third-order valence-corrected chi connectivity index (χ3v) is 4.30. The summed E-state index contributed by atoms with van der Waals surface area (Å²) in [7, 11) is 0. The van der Waals surface area contributed by atoms with Crippen molar-refractivity contribution >= 4 is 11.3 Å². The van der Waals surface area contributed by atoms with Crippen LogP contribution in [0, 0.1) is 5.92 Å². The zero-order chi connectivity index (χ0) is 11.5. The summed E-state index contributed by atoms with van der Waals surface area (Å²) in [4.78, 5) is 1.08. The van der Waals surface area contributed by atoms with Crippen LogP contribution < -0.4 is 5.32 Å². The van der Waals surface area contributed by atoms with Gasteiger partial charge in [0, 0.05) is 17.0 Å². The molecule has 2 rings (SSSR count). The second kappa shape index (κ2) is 5.30. The highest BCUT2D eigenvalue weighted by Crippen LogP contribution is 2.33. The predicted molar refractivity (Wildman–Crippen MR) is 68.7 cm³/mol. The lowest BCUT2D eigenvalue weighted by atomic mass is 10.1. The number of nitrogens with one attached hydrogen (secondary N) is 1. The molecule has 1 fully saturated rings. The lowest BCUT2D eigenvalue weighted by Gasteiger charge is -2.21. The van der Waals surface area contributed by atoms with Crippen molar-refractivity contribution in [2.45, 2.75) is 51.3 Å². The van der Waals surface area contributed by atoms with E-state index in [-0.39, 0.29) is 6.10 Å². The number of hydrogen-bond donors (Lipinski definition) is 2. The average molecular weight is 239 g/mol. The first-order valence-corrected chi connectivity index (χ1v) is 7.02. The van der Waals surface area contributed by atoms with Crippen LogP contribution in [0.2, 0.25) is 0 Å². The number of thiophene rings is 1. The van der Waals surface area contributed by atoms with Crippen molar-refractivity contribution in [3.8, 4) is 0 Å². The average Bonchev–Trinajstić information content (AvgIpc) is 2.93. The van der Waals surface area contributed by atoms with Crippen LogP contribution in [0.5, 0.6) is 0 Å². The molecule has 1 aromatic rings. The summed E-state index contributed by atoms with van der Waals surface area (Å²) in [5.41, 5.74) is 0. The highest BCUT2D eigenvalue weighted by atomic mass is 32.1. The van der Waals surface area contributed by atoms with Crippen molar-refractivity contribution < 1.29 is 5.11 Å². The van der Waals surface area contributed by atoms with Crippen LogP contribution in [0.4, 0.5) is 0 Å². The molecule has 0 aliphatic heterocycles. The Bertz CT molecular complexity index is 308. The van der Waals surface area contributed by atoms with Gasteiger partial charge in [0.25, 0.3) is 0 Å². The molecule has 1 aliphatic rings. The maximum Gasteiger partial charge on any atom is 0.0896 e. The van der Waals surface area contributed by atoms with E-state index >= 15 is 0 Å². The minimum Gasteiger partial charge on any atom is -0.388 e. The van der Waals surface area contributed by atoms with Gasteiger partial charge in [-0.05, 0) is 50.5 Å². The second-order valence-electron chi connectivity index (χ2n) is 4.96. The Morgan fingerprint density at radius 2 is 2.25 bits per heavy atom. The largest absolute Gasteiger partial charge is 0.388 e. The van der Waals surface area contributed by atoms with Gasteiger partial charge in [0.1, 0.15) is 0 Å². The highest BCUT2D eigenvalue weighted by molar-refractivity contribution is 7.10. The van der Waals surface area contributed by atoms with E-state index in [4.69, 9.17) is 0 Å². The zero-order valence-electron chi connectivity index (χ0n) is 10.0. The minimum absolute atomic E-state index is 0.311. The van der Waals surface area contributed by atoms with Crippen LogP contribution in [0.15, 0.2) is 17.5 Å². The minimum atomic E-state index is -0.311. The molecular formula is C13H21NOS. The van der Waals surface area contributed by atoms with Gasteiger partial charge in [-0.15, -0.1) is 11.3 Å². The third kappa shape index (κ3) is 3.30. The second-order valence-corrected chi connectivity index (χ2v) is 5.94. The van der Waals surface area contributed by atoms with E-state index in [1.54, 1.807) is 11.3 Å². The molecule has 0 aromatic carbocycles. The molecular weight excluding hydrogens is 218 g/mol. The van der Waals surface area contributed by atoms with E-state index in [1.165, 1.54) is 12.8 Å². The molecule has 0 bridgehead atoms. The fourth-order valence-corrected chi connectivity index (χ4v) is 2.91. The van der Waals surface area contributed by atoms with Crippen molar-refractivity contribution in [3.05, 3.63) is 22.4 Å². The Kier molecular flexibility index (Phi) is 4.00. The van der Waals surface area contributed by atoms with Gasteiger partial charge in [0.05, 0.1) is 6.10 Å². The van der Waals surface area contributed by atoms with E-state index in [0.29, 0.717) is 12.1 Å². The lowest BCUT2D eigenvalue weighted by molar-refractivity contribution is 0.154. The van der Waals surface area contributed by atoms with Crippen LogP contribution in [-0.2, 0) is 0 Å². The molecule has 0 amide bonds. The number of rotatable bonds is 6. The van der Waals surface area contributed by atoms with Gasteiger partial charge in [-0.3, -0.25) is 0 Å². The predicted octanol–water partition coefficient (Wildman–Crippen LogP) is 2.95. The van der Waals surface area contributed by atoms with Crippen molar-refractivity contribution in [2.75, 3.05) is 0 Å². The monoisotopic (exact) mass is 239 g/mol. The summed E-state index contributed by atoms with van der Waals surface area (Å²) in [6.07, 6.45) is 3.23. The van der Waals surface area contributed by atoms with E-state index in [2.05, 4.69) is 19.2 Å². The quantitative estimate of drug-likeness (QED) is 0.800. The summed E-state index contributed by atoms with van der Waals surface area (Å²) in [5, 5.41) is 15.6. The molecule has 1 saturated carbocycles. The summed E-state index contributed by atoms with van der Waals surface area (Å²) in [5.74, 6) is 0.876. The van der Waals surface area contributed by atoms with Gasteiger partial charge in [-0.2, -0.15) is 0 Å². The lowest BCUT2D eigenvalue weighted by Crippen LogP contribution is -2.36. The molecule has 90 valence electrons. The van der Waals surface area contributed by atoms with E-state index in [0.717, 1.165) is 17.2 Å². The zero-order valence-corrected chi connectivity index (χ0v) is 10.8. The van der Waals surface area contributed by atoms with Gasteiger partial charge in [0.2, 0.25) is 0 Å². The number of hydrogen-bond acceptors (Lipinski definition) is 3. The first kappa shape index (κ1) is 12.1. The summed E-state index contributed by atoms with van der Waals surface area (Å²) in [6.45, 7) is 4.42. The Hall–Kier alpha value is -0.380. The maximum atomic E-state index is 10.0. The molecule has 16 heavy (non-hydrogen) atoms. The normalized spacial score (nSPS) is 21.7. The van der Waals surface area contributed by atoms with Crippen molar-refractivity contribution in [2.24, 2.45) is 5.92 Å². The number of aliphatic hydroxyl groups excluding tert-OH is 1. The summed E-state index contributed by atoms with van der Waals surface area (Å²) < 4.78 is 0. The van der Waals surface area contributed by atoms with E-state index in [1.807, 2.05) is 17.5 Å². The van der Waals surface area contributed by atoms with Crippen LogP contribution in [0.25, 0.3) is 0 Å². The van der Waals surface area contributed by atoms with Crippen molar-refractivity contribution in [3.63, 3.8) is 0 Å². The Labute approximate surface area is 102 Å². The van der Waals surface area contributed by atoms with E-state index in [9.17, 15) is 5.11 Å². The molecule has 3 atom stereocenters. The molecule has 1 aromatic heterocycles. The number of aliphatic hydroxyl groups is 1. The summed E-state index contributed by atoms with van der Waals surface area (Å²) in [6, 6.07) is 4.98. The van der Waals surface area contributed by atoms with E-state index < -0.39 is 0 Å². The topological polar surface area (TPSA) is 32.3 Å². The molecule has 1 aliphatic carbocycles. The fraction of sp³-hybridized carbons (Fsp3) is 0.692. The van der Waals surface area contributed by atoms with Crippen molar-refractivity contribution in [1.29, 1.82) is 0 Å². The first-order valence-electron chi connectivity index (χ1n) is 6.14. The molecule has 3 unspecified atom stereocenters. The Morgan fingerprint density at radius 1 is 1.50 bits per heavy atom. The van der Waals surface area contributed by atoms with Gasteiger partial charge < -0.3 is 10.4 Å². The maximum absolute atomic E-state index is 10.0. The molecule has 0 saturated heterocycles. The van der Waals surface area contributed by atoms with Gasteiger partial charge in [-0.1, -0.05) is 6.07 Å². The molecule has 3 heteroatoms. The Morgan fingerprint density at radius 3 is 2.81 bits per heavy atom. The molecule has 0 radical (unpaired) electrons. The van der Waals surface area contributed by atoms with Crippen LogP contribution in [0.1, 0.15) is 44.1 Å². The third-order valence-electron chi connectivity index (χ3n) is 3.32. The molecule has 1 heterocycles. The van der Waals surface area contributed by atoms with Crippen LogP contribution in [-0.4, -0.2) is 17.2 Å². The molecule has 2 N–H and O–H groups in total. The van der Waals surface area contributed by atoms with Crippen LogP contribution >= 0.6 is 11.3 Å². The molecule has 0 spiro atoms. The highest BCUT2D eigenvalue weighted by Gasteiger charge is 2.28. The van der Waals surface area contributed by atoms with Crippen LogP contribution in [0.3, 0.4) is 0 Å². The standard InChI is InChI=1S/C13H21NOS/c1-9(14-10(2)11-5-6-11)8-12(15)13-4-3-7-16-13/h3-4,7,9-12,14-15H,5-6,8H2,1-2H3. The van der Waals surface area contributed by atoms with Gasteiger partial charge in [-0.25, -0.2) is 0 Å². The smallest absolute Gasteiger partial charge is 0.0896 e. The Balaban J connectivity index is 1.75. The summed E-state index contributed by atoms with van der Waals surface area (Å²) >= 11 is 1.63. The van der Waals surface area contributed by atoms with Gasteiger partial charge >= 0.3 is 0 Å².